The number of hydrogen-bond acceptors (Lipinski definition) is 2. The van der Waals surface area contributed by atoms with Crippen molar-refractivity contribution in [1.29, 1.82) is 0 Å². The molecule has 4 rings (SSSR count). The maximum atomic E-state index is 9.48. The van der Waals surface area contributed by atoms with Crippen molar-refractivity contribution >= 4 is 0 Å². The fourth-order valence-corrected chi connectivity index (χ4v) is 4.43. The van der Waals surface area contributed by atoms with Gasteiger partial charge in [-0.2, -0.15) is 0 Å². The SMILES string of the molecule is NC1C2CC3CC1CC(CO)(C3)C2. The summed E-state index contributed by atoms with van der Waals surface area (Å²) in [7, 11) is 0. The molecule has 0 amide bonds. The Hall–Kier alpha value is -0.0800. The lowest BCUT2D eigenvalue weighted by atomic mass is 9.48. The number of aliphatic hydroxyl groups excluding tert-OH is 1. The van der Waals surface area contributed by atoms with E-state index in [1.807, 2.05) is 0 Å². The van der Waals surface area contributed by atoms with Crippen molar-refractivity contribution in [2.75, 3.05) is 6.61 Å². The second-order valence-electron chi connectivity index (χ2n) is 5.71. The topological polar surface area (TPSA) is 46.2 Å². The van der Waals surface area contributed by atoms with E-state index in [4.69, 9.17) is 5.73 Å². The van der Waals surface area contributed by atoms with Crippen LogP contribution in [-0.4, -0.2) is 17.8 Å². The van der Waals surface area contributed by atoms with Crippen LogP contribution in [0, 0.1) is 23.2 Å². The number of rotatable bonds is 1. The van der Waals surface area contributed by atoms with Gasteiger partial charge in [0.25, 0.3) is 0 Å². The lowest BCUT2D eigenvalue weighted by molar-refractivity contribution is -0.0912. The van der Waals surface area contributed by atoms with Gasteiger partial charge in [0.15, 0.2) is 0 Å². The fraction of sp³-hybridized carbons (Fsp3) is 1.00. The second-order valence-corrected chi connectivity index (χ2v) is 5.71. The molecule has 74 valence electrons. The smallest absolute Gasteiger partial charge is 0.0487 e. The van der Waals surface area contributed by atoms with E-state index in [0.29, 0.717) is 18.1 Å². The van der Waals surface area contributed by atoms with Crippen LogP contribution in [0.4, 0.5) is 0 Å². The van der Waals surface area contributed by atoms with Crippen molar-refractivity contribution in [3.63, 3.8) is 0 Å². The molecule has 0 radical (unpaired) electrons. The van der Waals surface area contributed by atoms with E-state index in [2.05, 4.69) is 0 Å². The molecule has 4 saturated carbocycles. The minimum Gasteiger partial charge on any atom is -0.396 e. The minimum absolute atomic E-state index is 0.298. The summed E-state index contributed by atoms with van der Waals surface area (Å²) in [5, 5.41) is 9.48. The Morgan fingerprint density at radius 3 is 2.31 bits per heavy atom. The van der Waals surface area contributed by atoms with Crippen LogP contribution >= 0.6 is 0 Å². The van der Waals surface area contributed by atoms with Gasteiger partial charge in [-0.3, -0.25) is 0 Å². The molecule has 4 bridgehead atoms. The molecule has 0 heterocycles. The predicted molar refractivity (Wildman–Crippen MR) is 51.0 cm³/mol. The Morgan fingerprint density at radius 2 is 1.77 bits per heavy atom. The largest absolute Gasteiger partial charge is 0.396 e. The zero-order chi connectivity index (χ0) is 9.05. The van der Waals surface area contributed by atoms with Gasteiger partial charge in [-0.05, 0) is 55.3 Å². The number of nitrogens with two attached hydrogens (primary N) is 1. The summed E-state index contributed by atoms with van der Waals surface area (Å²) in [6, 6.07) is 0.455. The molecule has 0 aromatic rings. The summed E-state index contributed by atoms with van der Waals surface area (Å²) in [6.45, 7) is 0.406. The average molecular weight is 181 g/mol. The van der Waals surface area contributed by atoms with E-state index in [1.165, 1.54) is 32.1 Å². The van der Waals surface area contributed by atoms with Crippen LogP contribution in [0.15, 0.2) is 0 Å². The zero-order valence-electron chi connectivity index (χ0n) is 8.08. The molecule has 2 unspecified atom stereocenters. The van der Waals surface area contributed by atoms with Crippen LogP contribution in [0.1, 0.15) is 32.1 Å². The highest BCUT2D eigenvalue weighted by Gasteiger charge is 2.53. The van der Waals surface area contributed by atoms with E-state index in [-0.39, 0.29) is 0 Å². The maximum absolute atomic E-state index is 9.48. The summed E-state index contributed by atoms with van der Waals surface area (Å²) in [5.74, 6) is 2.36. The van der Waals surface area contributed by atoms with Crippen LogP contribution in [-0.2, 0) is 0 Å². The lowest BCUT2D eigenvalue weighted by Crippen LogP contribution is -2.57. The molecule has 0 aromatic heterocycles. The van der Waals surface area contributed by atoms with Crippen LogP contribution < -0.4 is 5.73 Å². The fourth-order valence-electron chi connectivity index (χ4n) is 4.43. The monoisotopic (exact) mass is 181 g/mol. The van der Waals surface area contributed by atoms with Crippen molar-refractivity contribution in [2.45, 2.75) is 38.1 Å². The van der Waals surface area contributed by atoms with Gasteiger partial charge >= 0.3 is 0 Å². The first-order valence-electron chi connectivity index (χ1n) is 5.59. The number of aliphatic hydroxyl groups is 1. The summed E-state index contributed by atoms with van der Waals surface area (Å²) < 4.78 is 0. The molecule has 4 aliphatic rings. The average Bonchev–Trinajstić information content (AvgIpc) is 2.13. The molecular formula is C11H19NO. The number of hydrogen-bond donors (Lipinski definition) is 2. The van der Waals surface area contributed by atoms with Gasteiger partial charge in [0.05, 0.1) is 0 Å². The molecule has 0 aliphatic heterocycles. The van der Waals surface area contributed by atoms with E-state index in [9.17, 15) is 5.11 Å². The molecule has 0 spiro atoms. The molecule has 13 heavy (non-hydrogen) atoms. The molecule has 2 heteroatoms. The Bertz CT molecular complexity index is 212. The highest BCUT2D eigenvalue weighted by atomic mass is 16.3. The van der Waals surface area contributed by atoms with Crippen LogP contribution in [0.2, 0.25) is 0 Å². The van der Waals surface area contributed by atoms with Crippen molar-refractivity contribution in [1.82, 2.24) is 0 Å². The van der Waals surface area contributed by atoms with Crippen LogP contribution in [0.25, 0.3) is 0 Å². The third kappa shape index (κ3) is 1.02. The molecule has 4 fully saturated rings. The first kappa shape index (κ1) is 8.25. The quantitative estimate of drug-likeness (QED) is 0.637. The predicted octanol–water partition coefficient (Wildman–Crippen LogP) is 1.13. The standard InChI is InChI=1S/C11H19NO/c12-10-8-1-7-2-9(10)5-11(3-7,4-8)6-13/h7-10,13H,1-6,12H2. The van der Waals surface area contributed by atoms with Crippen molar-refractivity contribution in [2.24, 2.45) is 28.9 Å². The summed E-state index contributed by atoms with van der Waals surface area (Å²) in [4.78, 5) is 0. The van der Waals surface area contributed by atoms with Gasteiger partial charge in [-0.25, -0.2) is 0 Å². The van der Waals surface area contributed by atoms with E-state index >= 15 is 0 Å². The van der Waals surface area contributed by atoms with Gasteiger partial charge in [-0.1, -0.05) is 0 Å². The van der Waals surface area contributed by atoms with Crippen molar-refractivity contribution in [3.8, 4) is 0 Å². The van der Waals surface area contributed by atoms with Gasteiger partial charge in [0, 0.05) is 12.6 Å². The Balaban J connectivity index is 1.92. The van der Waals surface area contributed by atoms with Gasteiger partial charge in [0.2, 0.25) is 0 Å². The van der Waals surface area contributed by atoms with Crippen molar-refractivity contribution < 1.29 is 5.11 Å². The summed E-state index contributed by atoms with van der Waals surface area (Å²) in [6.07, 6.45) is 6.39. The maximum Gasteiger partial charge on any atom is 0.0487 e. The Kier molecular flexibility index (Phi) is 1.58. The molecule has 3 N–H and O–H groups in total. The first-order chi connectivity index (χ1) is 6.22. The highest BCUT2D eigenvalue weighted by molar-refractivity contribution is 5.06. The summed E-state index contributed by atoms with van der Waals surface area (Å²) >= 11 is 0. The van der Waals surface area contributed by atoms with Crippen LogP contribution in [0.5, 0.6) is 0 Å². The molecule has 2 atom stereocenters. The van der Waals surface area contributed by atoms with Gasteiger partial charge < -0.3 is 10.8 Å². The Morgan fingerprint density at radius 1 is 1.15 bits per heavy atom. The van der Waals surface area contributed by atoms with Gasteiger partial charge in [0.1, 0.15) is 0 Å². The molecule has 0 saturated heterocycles. The lowest BCUT2D eigenvalue weighted by Gasteiger charge is -2.58. The third-order valence-corrected chi connectivity index (χ3v) is 4.81. The third-order valence-electron chi connectivity index (χ3n) is 4.81. The molecular weight excluding hydrogens is 162 g/mol. The molecule has 0 aromatic carbocycles. The van der Waals surface area contributed by atoms with E-state index in [1.54, 1.807) is 0 Å². The zero-order valence-corrected chi connectivity index (χ0v) is 8.08. The van der Waals surface area contributed by atoms with E-state index < -0.39 is 0 Å². The van der Waals surface area contributed by atoms with Crippen LogP contribution in [0.3, 0.4) is 0 Å². The summed E-state index contributed by atoms with van der Waals surface area (Å²) in [5.41, 5.74) is 6.50. The molecule has 4 aliphatic carbocycles. The molecule has 2 nitrogen and oxygen atoms in total. The van der Waals surface area contributed by atoms with Crippen molar-refractivity contribution in [3.05, 3.63) is 0 Å². The first-order valence-corrected chi connectivity index (χ1v) is 5.59. The highest BCUT2D eigenvalue weighted by Crippen LogP contribution is 2.59. The van der Waals surface area contributed by atoms with E-state index in [0.717, 1.165) is 17.8 Å². The minimum atomic E-state index is 0.298. The Labute approximate surface area is 79.5 Å². The normalized spacial score (nSPS) is 58.6. The second kappa shape index (κ2) is 2.48. The van der Waals surface area contributed by atoms with Gasteiger partial charge in [-0.15, -0.1) is 0 Å².